The van der Waals surface area contributed by atoms with Crippen LogP contribution in [0.25, 0.3) is 33.3 Å². The number of methoxy groups -OCH3 is 1. The second-order valence-electron chi connectivity index (χ2n) is 10.3. The van der Waals surface area contributed by atoms with Gasteiger partial charge in [0.25, 0.3) is 11.8 Å². The molecule has 0 fully saturated rings. The third kappa shape index (κ3) is 7.25. The highest BCUT2D eigenvalue weighted by atomic mass is 19.4. The van der Waals surface area contributed by atoms with Crippen LogP contribution >= 0.6 is 0 Å². The predicted molar refractivity (Wildman–Crippen MR) is 165 cm³/mol. The summed E-state index contributed by atoms with van der Waals surface area (Å²) >= 11 is 0. The second kappa shape index (κ2) is 13.1. The Kier molecular flexibility index (Phi) is 9.48. The minimum atomic E-state index is -4.59. The number of alkyl halides is 3. The summed E-state index contributed by atoms with van der Waals surface area (Å²) in [6.07, 6.45) is -3.01. The van der Waals surface area contributed by atoms with Crippen LogP contribution in [-0.2, 0) is 11.8 Å². The summed E-state index contributed by atoms with van der Waals surface area (Å²) in [5, 5.41) is 4.82. The number of nitrogens with one attached hydrogen (secondary N) is 2. The first kappa shape index (κ1) is 32.6. The number of aromatic nitrogens is 2. The molecule has 13 heteroatoms. The molecule has 0 saturated heterocycles. The van der Waals surface area contributed by atoms with Crippen molar-refractivity contribution in [3.8, 4) is 40.0 Å². The molecule has 2 aromatic heterocycles. The van der Waals surface area contributed by atoms with Gasteiger partial charge in [-0.05, 0) is 49.5 Å². The van der Waals surface area contributed by atoms with Gasteiger partial charge in [0.1, 0.15) is 18.1 Å². The van der Waals surface area contributed by atoms with E-state index >= 15 is 0 Å². The number of hydrogen-bond donors (Lipinski definition) is 3. The number of carbonyl (C=O) groups excluding carboxylic acids is 2. The molecule has 2 aromatic carbocycles. The number of nitrogens with two attached hydrogens (primary N) is 1. The fourth-order valence-corrected chi connectivity index (χ4v) is 4.73. The zero-order valence-electron chi connectivity index (χ0n) is 24.9. The third-order valence-electron chi connectivity index (χ3n) is 6.70. The van der Waals surface area contributed by atoms with Gasteiger partial charge >= 0.3 is 6.18 Å². The molecule has 0 saturated carbocycles. The van der Waals surface area contributed by atoms with Crippen molar-refractivity contribution < 1.29 is 31.9 Å². The van der Waals surface area contributed by atoms with E-state index in [-0.39, 0.29) is 17.1 Å². The summed E-state index contributed by atoms with van der Waals surface area (Å²) in [6.45, 7) is 1.99. The Balaban J connectivity index is 1.95. The van der Waals surface area contributed by atoms with Gasteiger partial charge < -0.3 is 25.7 Å². The van der Waals surface area contributed by atoms with Crippen LogP contribution in [0.15, 0.2) is 61.1 Å². The van der Waals surface area contributed by atoms with E-state index < -0.39 is 30.4 Å². The molecule has 4 rings (SSSR count). The molecule has 0 atom stereocenters. The normalized spacial score (nSPS) is 11.2. The predicted octanol–water partition coefficient (Wildman–Crippen LogP) is 5.13. The van der Waals surface area contributed by atoms with Gasteiger partial charge in [0.15, 0.2) is 5.83 Å². The van der Waals surface area contributed by atoms with Crippen molar-refractivity contribution in [2.45, 2.75) is 6.18 Å². The van der Waals surface area contributed by atoms with Crippen LogP contribution in [0.1, 0.15) is 15.9 Å². The first-order chi connectivity index (χ1) is 21.2. The fourth-order valence-electron chi connectivity index (χ4n) is 4.73. The SMILES string of the molecule is C=C(F)C(=O)Nc1ccc(-c2c(-c3ccc(C(=O)NCC(F)(F)F)c(OC)c3)c3c(N)ncc(C#CCN(C)C)c3n2C)cc1. The lowest BCUT2D eigenvalue weighted by Gasteiger charge is -2.14. The molecule has 0 radical (unpaired) electrons. The van der Waals surface area contributed by atoms with Crippen molar-refractivity contribution in [2.24, 2.45) is 7.05 Å². The smallest absolute Gasteiger partial charge is 0.405 e. The number of rotatable bonds is 8. The first-order valence-corrected chi connectivity index (χ1v) is 13.4. The van der Waals surface area contributed by atoms with E-state index in [1.54, 1.807) is 36.5 Å². The van der Waals surface area contributed by atoms with Gasteiger partial charge in [-0.2, -0.15) is 13.2 Å². The van der Waals surface area contributed by atoms with E-state index in [0.717, 1.165) is 0 Å². The van der Waals surface area contributed by atoms with Crippen molar-refractivity contribution in [3.05, 3.63) is 72.2 Å². The lowest BCUT2D eigenvalue weighted by Crippen LogP contribution is -2.33. The second-order valence-corrected chi connectivity index (χ2v) is 10.3. The molecule has 2 amide bonds. The molecule has 4 N–H and O–H groups in total. The van der Waals surface area contributed by atoms with E-state index in [1.807, 2.05) is 35.9 Å². The lowest BCUT2D eigenvalue weighted by molar-refractivity contribution is -0.123. The van der Waals surface area contributed by atoms with Crippen molar-refractivity contribution >= 4 is 34.2 Å². The molecule has 0 aliphatic carbocycles. The summed E-state index contributed by atoms with van der Waals surface area (Å²) in [7, 11) is 6.90. The molecular weight excluding hydrogens is 592 g/mol. The Hall–Kier alpha value is -5.35. The number of fused-ring (bicyclic) bond motifs is 1. The standard InChI is InChI=1S/C32H30F4N6O3/c1-18(33)30(43)40-22-11-8-19(9-12-22)27-25(20-10-13-23(24(15-20)45-5)31(44)39-17-32(34,35)36)26-28(42(27)4)21(16-38-29(26)37)7-6-14-41(2)3/h8-13,15-16H,1,14,17H2,2-5H3,(H2,37,38)(H,39,44)(H,40,43). The summed E-state index contributed by atoms with van der Waals surface area (Å²) in [4.78, 5) is 30.7. The number of aryl methyl sites for hydroxylation is 1. The molecule has 0 aliphatic rings. The molecule has 2 heterocycles. The summed E-state index contributed by atoms with van der Waals surface area (Å²) in [5.41, 5.74) is 10.4. The largest absolute Gasteiger partial charge is 0.496 e. The minimum Gasteiger partial charge on any atom is -0.496 e. The average Bonchev–Trinajstić information content (AvgIpc) is 3.30. The summed E-state index contributed by atoms with van der Waals surface area (Å²) < 4.78 is 58.8. The van der Waals surface area contributed by atoms with Gasteiger partial charge in [-0.15, -0.1) is 0 Å². The number of pyridine rings is 1. The molecule has 9 nitrogen and oxygen atoms in total. The monoisotopic (exact) mass is 622 g/mol. The Labute approximate surface area is 256 Å². The number of anilines is 2. The van der Waals surface area contributed by atoms with E-state index in [1.165, 1.54) is 19.2 Å². The lowest BCUT2D eigenvalue weighted by atomic mass is 9.96. The van der Waals surface area contributed by atoms with E-state index in [0.29, 0.717) is 51.1 Å². The van der Waals surface area contributed by atoms with Crippen molar-refractivity contribution in [2.75, 3.05) is 45.3 Å². The van der Waals surface area contributed by atoms with Crippen molar-refractivity contribution in [1.29, 1.82) is 0 Å². The zero-order valence-corrected chi connectivity index (χ0v) is 24.9. The van der Waals surface area contributed by atoms with Crippen LogP contribution in [-0.4, -0.2) is 66.7 Å². The topological polar surface area (TPSA) is 115 Å². The van der Waals surface area contributed by atoms with Crippen LogP contribution in [0, 0.1) is 11.8 Å². The Morgan fingerprint density at radius 1 is 1.13 bits per heavy atom. The molecule has 0 aliphatic heterocycles. The van der Waals surface area contributed by atoms with Crippen LogP contribution in [0.2, 0.25) is 0 Å². The van der Waals surface area contributed by atoms with Crippen LogP contribution in [0.5, 0.6) is 5.75 Å². The molecule has 0 spiro atoms. The van der Waals surface area contributed by atoms with Gasteiger partial charge in [0.05, 0.1) is 41.4 Å². The molecule has 234 valence electrons. The number of amides is 2. The maximum Gasteiger partial charge on any atom is 0.405 e. The Morgan fingerprint density at radius 3 is 2.40 bits per heavy atom. The first-order valence-electron chi connectivity index (χ1n) is 13.4. The van der Waals surface area contributed by atoms with Gasteiger partial charge in [0, 0.05) is 24.5 Å². The quantitative estimate of drug-likeness (QED) is 0.143. The molecule has 0 bridgehead atoms. The number of ether oxygens (including phenoxy) is 1. The summed E-state index contributed by atoms with van der Waals surface area (Å²) in [5.74, 6) is 3.42. The van der Waals surface area contributed by atoms with Gasteiger partial charge in [0.2, 0.25) is 0 Å². The Bertz CT molecular complexity index is 1850. The van der Waals surface area contributed by atoms with Crippen molar-refractivity contribution in [3.63, 3.8) is 0 Å². The zero-order chi connectivity index (χ0) is 33.1. The van der Waals surface area contributed by atoms with Crippen molar-refractivity contribution in [1.82, 2.24) is 19.8 Å². The highest BCUT2D eigenvalue weighted by Crippen LogP contribution is 2.44. The maximum atomic E-state index is 13.3. The summed E-state index contributed by atoms with van der Waals surface area (Å²) in [6, 6.07) is 11.1. The average molecular weight is 623 g/mol. The molecule has 4 aromatic rings. The number of benzene rings is 2. The number of nitrogens with zero attached hydrogens (tertiary/aromatic N) is 3. The highest BCUT2D eigenvalue weighted by molar-refractivity contribution is 6.11. The number of hydrogen-bond acceptors (Lipinski definition) is 6. The molecule has 45 heavy (non-hydrogen) atoms. The number of nitrogen functional groups attached to an aromatic ring is 1. The highest BCUT2D eigenvalue weighted by Gasteiger charge is 2.29. The fraction of sp³-hybridized carbons (Fsp3) is 0.219. The Morgan fingerprint density at radius 2 is 1.80 bits per heavy atom. The van der Waals surface area contributed by atoms with Crippen LogP contribution in [0.3, 0.4) is 0 Å². The van der Waals surface area contributed by atoms with Gasteiger partial charge in [-0.1, -0.05) is 36.6 Å². The van der Waals surface area contributed by atoms with Crippen LogP contribution in [0.4, 0.5) is 29.1 Å². The van der Waals surface area contributed by atoms with Crippen LogP contribution < -0.4 is 21.1 Å². The number of halogens is 4. The minimum absolute atomic E-state index is 0.0353. The van der Waals surface area contributed by atoms with Gasteiger partial charge in [-0.25, -0.2) is 9.37 Å². The molecule has 0 unspecified atom stereocenters. The van der Waals surface area contributed by atoms with Gasteiger partial charge in [-0.3, -0.25) is 14.5 Å². The third-order valence-corrected chi connectivity index (χ3v) is 6.70. The molecular formula is C32H30F4N6O3. The van der Waals surface area contributed by atoms with E-state index in [2.05, 4.69) is 28.7 Å². The maximum absolute atomic E-state index is 13.3. The van der Waals surface area contributed by atoms with E-state index in [9.17, 15) is 27.2 Å². The van der Waals surface area contributed by atoms with E-state index in [4.69, 9.17) is 10.5 Å². The number of carbonyl (C=O) groups is 2.